The summed E-state index contributed by atoms with van der Waals surface area (Å²) in [5.74, 6) is 1.03. The lowest BCUT2D eigenvalue weighted by atomic mass is 10.2. The van der Waals surface area contributed by atoms with Gasteiger partial charge in [0.05, 0.1) is 25.5 Å². The highest BCUT2D eigenvalue weighted by Gasteiger charge is 2.12. The van der Waals surface area contributed by atoms with Gasteiger partial charge >= 0.3 is 0 Å². The van der Waals surface area contributed by atoms with Crippen molar-refractivity contribution < 1.29 is 4.74 Å². The second-order valence-electron chi connectivity index (χ2n) is 5.21. The maximum atomic E-state index is 5.36. The second-order valence-corrected chi connectivity index (χ2v) is 5.21. The van der Waals surface area contributed by atoms with Gasteiger partial charge in [-0.15, -0.1) is 0 Å². The summed E-state index contributed by atoms with van der Waals surface area (Å²) in [7, 11) is 0. The minimum atomic E-state index is 0.774. The van der Waals surface area contributed by atoms with Crippen LogP contribution < -0.4 is 4.90 Å². The molecule has 0 aliphatic carbocycles. The predicted molar refractivity (Wildman–Crippen MR) is 78.1 cm³/mol. The zero-order valence-corrected chi connectivity index (χ0v) is 12.0. The zero-order valence-electron chi connectivity index (χ0n) is 12.0. The average Bonchev–Trinajstić information content (AvgIpc) is 2.79. The normalized spacial score (nSPS) is 15.6. The Morgan fingerprint density at radius 3 is 2.60 bits per heavy atom. The van der Waals surface area contributed by atoms with E-state index >= 15 is 0 Å². The van der Waals surface area contributed by atoms with Crippen LogP contribution in [-0.4, -0.2) is 41.1 Å². The monoisotopic (exact) mass is 272 g/mol. The molecule has 0 amide bonds. The van der Waals surface area contributed by atoms with Gasteiger partial charge in [-0.1, -0.05) is 6.07 Å². The topological polar surface area (TPSA) is 43.2 Å². The molecule has 0 bridgehead atoms. The van der Waals surface area contributed by atoms with Crippen LogP contribution in [0.4, 0.5) is 5.82 Å². The molecule has 5 heteroatoms. The molecule has 1 aliphatic rings. The zero-order chi connectivity index (χ0) is 13.9. The van der Waals surface area contributed by atoms with Gasteiger partial charge in [0.25, 0.3) is 0 Å². The summed E-state index contributed by atoms with van der Waals surface area (Å²) in [5.41, 5.74) is 3.41. The Morgan fingerprint density at radius 1 is 1.20 bits per heavy atom. The number of hydrogen-bond acceptors (Lipinski definition) is 4. The van der Waals surface area contributed by atoms with Gasteiger partial charge in [0.2, 0.25) is 0 Å². The van der Waals surface area contributed by atoms with Crippen LogP contribution in [0, 0.1) is 13.8 Å². The number of nitrogens with zero attached hydrogens (tertiary/aromatic N) is 4. The number of pyridine rings is 1. The van der Waals surface area contributed by atoms with Crippen LogP contribution in [-0.2, 0) is 11.3 Å². The Balaban J connectivity index is 1.71. The standard InChI is InChI=1S/C15H20N4O/c1-12-9-13(2)19(17-12)11-14-3-4-15(16-10-14)18-5-7-20-8-6-18/h3-4,9-10H,5-8,11H2,1-2H3. The molecule has 20 heavy (non-hydrogen) atoms. The van der Waals surface area contributed by atoms with Crippen molar-refractivity contribution in [1.29, 1.82) is 0 Å². The molecule has 5 nitrogen and oxygen atoms in total. The molecule has 1 aliphatic heterocycles. The third-order valence-electron chi connectivity index (χ3n) is 3.58. The first-order chi connectivity index (χ1) is 9.72. The van der Waals surface area contributed by atoms with Gasteiger partial charge in [-0.25, -0.2) is 4.98 Å². The van der Waals surface area contributed by atoms with Gasteiger partial charge in [0.1, 0.15) is 5.82 Å². The van der Waals surface area contributed by atoms with Gasteiger partial charge < -0.3 is 9.64 Å². The minimum absolute atomic E-state index is 0.774. The number of ether oxygens (including phenoxy) is 1. The van der Waals surface area contributed by atoms with Crippen LogP contribution in [0.3, 0.4) is 0 Å². The minimum Gasteiger partial charge on any atom is -0.378 e. The number of anilines is 1. The van der Waals surface area contributed by atoms with E-state index in [0.717, 1.165) is 44.4 Å². The van der Waals surface area contributed by atoms with Crippen molar-refractivity contribution in [2.75, 3.05) is 31.2 Å². The first kappa shape index (κ1) is 13.1. The molecule has 0 unspecified atom stereocenters. The van der Waals surface area contributed by atoms with Crippen molar-refractivity contribution in [2.24, 2.45) is 0 Å². The summed E-state index contributed by atoms with van der Waals surface area (Å²) in [5, 5.41) is 4.48. The largest absolute Gasteiger partial charge is 0.378 e. The van der Waals surface area contributed by atoms with E-state index in [4.69, 9.17) is 4.74 Å². The van der Waals surface area contributed by atoms with Gasteiger partial charge in [-0.05, 0) is 31.5 Å². The fraction of sp³-hybridized carbons (Fsp3) is 0.467. The van der Waals surface area contributed by atoms with E-state index in [0.29, 0.717) is 0 Å². The van der Waals surface area contributed by atoms with Crippen molar-refractivity contribution in [3.05, 3.63) is 41.3 Å². The first-order valence-electron chi connectivity index (χ1n) is 7.01. The molecule has 0 N–H and O–H groups in total. The van der Waals surface area contributed by atoms with Crippen molar-refractivity contribution in [3.8, 4) is 0 Å². The SMILES string of the molecule is Cc1cc(C)n(Cc2ccc(N3CCOCC3)nc2)n1. The average molecular weight is 272 g/mol. The lowest BCUT2D eigenvalue weighted by Crippen LogP contribution is -2.36. The van der Waals surface area contributed by atoms with Crippen LogP contribution in [0.2, 0.25) is 0 Å². The summed E-state index contributed by atoms with van der Waals surface area (Å²) in [6, 6.07) is 6.32. The Kier molecular flexibility index (Phi) is 3.69. The lowest BCUT2D eigenvalue weighted by molar-refractivity contribution is 0.122. The maximum absolute atomic E-state index is 5.36. The van der Waals surface area contributed by atoms with Gasteiger partial charge in [0, 0.05) is 25.0 Å². The van der Waals surface area contributed by atoms with Crippen molar-refractivity contribution in [3.63, 3.8) is 0 Å². The van der Waals surface area contributed by atoms with E-state index in [-0.39, 0.29) is 0 Å². The van der Waals surface area contributed by atoms with Crippen LogP contribution in [0.5, 0.6) is 0 Å². The molecule has 1 saturated heterocycles. The van der Waals surface area contributed by atoms with Crippen LogP contribution in [0.1, 0.15) is 17.0 Å². The van der Waals surface area contributed by atoms with Crippen molar-refractivity contribution in [2.45, 2.75) is 20.4 Å². The molecular weight excluding hydrogens is 252 g/mol. The number of aromatic nitrogens is 3. The Labute approximate surface area is 119 Å². The van der Waals surface area contributed by atoms with E-state index in [1.54, 1.807) is 0 Å². The third kappa shape index (κ3) is 2.82. The van der Waals surface area contributed by atoms with Crippen LogP contribution >= 0.6 is 0 Å². The van der Waals surface area contributed by atoms with E-state index in [1.165, 1.54) is 11.3 Å². The molecule has 0 radical (unpaired) electrons. The second kappa shape index (κ2) is 5.63. The molecule has 0 saturated carbocycles. The fourth-order valence-electron chi connectivity index (χ4n) is 2.50. The summed E-state index contributed by atoms with van der Waals surface area (Å²) < 4.78 is 7.37. The lowest BCUT2D eigenvalue weighted by Gasteiger charge is -2.27. The molecular formula is C15H20N4O. The van der Waals surface area contributed by atoms with E-state index in [1.807, 2.05) is 17.8 Å². The smallest absolute Gasteiger partial charge is 0.128 e. The highest BCUT2D eigenvalue weighted by atomic mass is 16.5. The third-order valence-corrected chi connectivity index (χ3v) is 3.58. The van der Waals surface area contributed by atoms with Gasteiger partial charge in [-0.3, -0.25) is 4.68 Å². The maximum Gasteiger partial charge on any atom is 0.128 e. The summed E-state index contributed by atoms with van der Waals surface area (Å²) >= 11 is 0. The molecule has 1 fully saturated rings. The number of rotatable bonds is 3. The predicted octanol–water partition coefficient (Wildman–Crippen LogP) is 1.78. The number of aryl methyl sites for hydroxylation is 2. The Bertz CT molecular complexity index is 570. The summed E-state index contributed by atoms with van der Waals surface area (Å²) in [6.45, 7) is 8.28. The summed E-state index contributed by atoms with van der Waals surface area (Å²) in [6.07, 6.45) is 1.95. The van der Waals surface area contributed by atoms with Gasteiger partial charge in [-0.2, -0.15) is 5.10 Å². The van der Waals surface area contributed by atoms with E-state index < -0.39 is 0 Å². The van der Waals surface area contributed by atoms with Gasteiger partial charge in [0.15, 0.2) is 0 Å². The van der Waals surface area contributed by atoms with Crippen LogP contribution in [0.15, 0.2) is 24.4 Å². The number of morpholine rings is 1. The molecule has 0 atom stereocenters. The molecule has 2 aromatic rings. The molecule has 2 aromatic heterocycles. The van der Waals surface area contributed by atoms with Crippen molar-refractivity contribution in [1.82, 2.24) is 14.8 Å². The molecule has 0 aromatic carbocycles. The molecule has 0 spiro atoms. The Morgan fingerprint density at radius 2 is 2.00 bits per heavy atom. The molecule has 106 valence electrons. The van der Waals surface area contributed by atoms with E-state index in [2.05, 4.69) is 40.1 Å². The van der Waals surface area contributed by atoms with Crippen LogP contribution in [0.25, 0.3) is 0 Å². The summed E-state index contributed by atoms with van der Waals surface area (Å²) in [4.78, 5) is 6.82. The fourth-order valence-corrected chi connectivity index (χ4v) is 2.50. The number of hydrogen-bond donors (Lipinski definition) is 0. The highest BCUT2D eigenvalue weighted by Crippen LogP contribution is 2.14. The quantitative estimate of drug-likeness (QED) is 0.854. The highest BCUT2D eigenvalue weighted by molar-refractivity contribution is 5.39. The van der Waals surface area contributed by atoms with Crippen molar-refractivity contribution >= 4 is 5.82 Å². The Hall–Kier alpha value is -1.88. The molecule has 3 heterocycles. The van der Waals surface area contributed by atoms with E-state index in [9.17, 15) is 0 Å². The first-order valence-corrected chi connectivity index (χ1v) is 7.01. The molecule has 3 rings (SSSR count).